The molecule has 1 aliphatic heterocycles. The Hall–Kier alpha value is -7.61. The molecule has 1 fully saturated rings. The molecule has 0 spiro atoms. The van der Waals surface area contributed by atoms with Gasteiger partial charge in [0, 0.05) is 50.0 Å². The number of hydrogen-bond acceptors (Lipinski definition) is 10. The normalized spacial score (nSPS) is 25.4. The molecule has 20 heteroatoms. The van der Waals surface area contributed by atoms with Crippen LogP contribution in [-0.4, -0.2) is 130 Å². The van der Waals surface area contributed by atoms with Crippen LogP contribution < -0.4 is 31.9 Å². The van der Waals surface area contributed by atoms with Crippen LogP contribution in [0.3, 0.4) is 0 Å². The second kappa shape index (κ2) is 25.8. The van der Waals surface area contributed by atoms with Gasteiger partial charge in [-0.25, -0.2) is 9.59 Å². The van der Waals surface area contributed by atoms with Crippen LogP contribution in [0.15, 0.2) is 96.9 Å². The van der Waals surface area contributed by atoms with Gasteiger partial charge >= 0.3 is 11.9 Å². The molecule has 1 unspecified atom stereocenters. The molecule has 2 heterocycles. The highest BCUT2D eigenvalue weighted by molar-refractivity contribution is 6.00. The molecule has 3 aromatic rings. The van der Waals surface area contributed by atoms with Crippen molar-refractivity contribution in [3.63, 3.8) is 0 Å². The van der Waals surface area contributed by atoms with E-state index in [1.165, 1.54) is 40.8 Å². The Labute approximate surface area is 412 Å². The number of aromatic nitrogens is 1. The van der Waals surface area contributed by atoms with Gasteiger partial charge in [-0.1, -0.05) is 99.7 Å². The Morgan fingerprint density at radius 3 is 2.06 bits per heavy atom. The molecule has 382 valence electrons. The van der Waals surface area contributed by atoms with Crippen LogP contribution in [0.4, 0.5) is 0 Å². The van der Waals surface area contributed by atoms with Crippen molar-refractivity contribution in [1.82, 2.24) is 41.8 Å². The van der Waals surface area contributed by atoms with E-state index in [1.54, 1.807) is 43.6 Å². The third-order valence-corrected chi connectivity index (χ3v) is 12.5. The quantitative estimate of drug-likeness (QED) is 0.0988. The van der Waals surface area contributed by atoms with Crippen molar-refractivity contribution in [3.8, 4) is 0 Å². The number of likely N-dealkylation sites (N-methyl/N-ethyl adjacent to an activating group) is 1. The summed E-state index contributed by atoms with van der Waals surface area (Å²) in [4.78, 5) is 125. The number of fused-ring (bicyclic) bond motifs is 1. The van der Waals surface area contributed by atoms with Crippen molar-refractivity contribution in [3.05, 3.63) is 108 Å². The zero-order valence-corrected chi connectivity index (χ0v) is 41.2. The fraction of sp³-hybridized carbons (Fsp3) is 0.431. The van der Waals surface area contributed by atoms with Crippen LogP contribution in [-0.2, 0) is 60.7 Å². The smallest absolute Gasteiger partial charge is 0.327 e. The number of aromatic amines is 1. The Balaban J connectivity index is 1.69. The van der Waals surface area contributed by atoms with Crippen molar-refractivity contribution in [2.45, 2.75) is 110 Å². The lowest BCUT2D eigenvalue weighted by Crippen LogP contribution is -2.59. The largest absolute Gasteiger partial charge is 0.480 e. The summed E-state index contributed by atoms with van der Waals surface area (Å²) in [5.74, 6) is -12.0. The van der Waals surface area contributed by atoms with E-state index in [1.807, 2.05) is 50.3 Å². The molecule has 7 amide bonds. The van der Waals surface area contributed by atoms with Gasteiger partial charge in [0.25, 0.3) is 5.91 Å². The first kappa shape index (κ1) is 56.0. The van der Waals surface area contributed by atoms with Gasteiger partial charge < -0.3 is 56.7 Å². The maximum atomic E-state index is 14.1. The predicted octanol–water partition coefficient (Wildman–Crippen LogP) is 2.26. The summed E-state index contributed by atoms with van der Waals surface area (Å²) in [6.07, 6.45) is 6.15. The molecule has 1 aliphatic rings. The molecule has 4 rings (SSSR count). The summed E-state index contributed by atoms with van der Waals surface area (Å²) in [5.41, 5.74) is 2.67. The minimum absolute atomic E-state index is 0.0974. The molecule has 0 bridgehead atoms. The highest BCUT2D eigenvalue weighted by atomic mass is 16.5. The van der Waals surface area contributed by atoms with Crippen molar-refractivity contribution >= 4 is 64.2 Å². The number of ether oxygens (including phenoxy) is 1. The predicted molar refractivity (Wildman–Crippen MR) is 263 cm³/mol. The van der Waals surface area contributed by atoms with Gasteiger partial charge in [0.15, 0.2) is 0 Å². The summed E-state index contributed by atoms with van der Waals surface area (Å²) in [6, 6.07) is 8.14. The molecule has 2 aromatic carbocycles. The second-order valence-electron chi connectivity index (χ2n) is 17.9. The minimum Gasteiger partial charge on any atom is -0.480 e. The van der Waals surface area contributed by atoms with Gasteiger partial charge in [0.2, 0.25) is 35.4 Å². The van der Waals surface area contributed by atoms with Crippen LogP contribution in [0.5, 0.6) is 0 Å². The number of aliphatic carboxylic acids is 2. The number of benzene rings is 2. The number of H-pyrrole nitrogens is 1. The Bertz CT molecular complexity index is 2520. The van der Waals surface area contributed by atoms with E-state index in [2.05, 4.69) is 43.5 Å². The molecule has 10 atom stereocenters. The fourth-order valence-corrected chi connectivity index (χ4v) is 7.84. The van der Waals surface area contributed by atoms with Gasteiger partial charge in [-0.3, -0.25) is 33.6 Å². The monoisotopic (exact) mass is 982 g/mol. The fourth-order valence-electron chi connectivity index (χ4n) is 7.84. The lowest BCUT2D eigenvalue weighted by molar-refractivity contribution is -0.146. The van der Waals surface area contributed by atoms with Gasteiger partial charge in [-0.15, -0.1) is 0 Å². The van der Waals surface area contributed by atoms with E-state index in [0.717, 1.165) is 16.0 Å². The molecule has 0 saturated carbocycles. The Morgan fingerprint density at radius 1 is 0.789 bits per heavy atom. The maximum Gasteiger partial charge on any atom is 0.327 e. The minimum atomic E-state index is -1.88. The number of rotatable bonds is 11. The zero-order valence-electron chi connectivity index (χ0n) is 41.2. The molecular formula is C51H66N8O12. The van der Waals surface area contributed by atoms with Crippen LogP contribution in [0.25, 0.3) is 10.9 Å². The van der Waals surface area contributed by atoms with Gasteiger partial charge in [0.05, 0.1) is 24.0 Å². The average molecular weight is 983 g/mol. The first-order valence-electron chi connectivity index (χ1n) is 23.2. The molecule has 9 N–H and O–H groups in total. The lowest BCUT2D eigenvalue weighted by atomic mass is 9.94. The molecule has 1 saturated heterocycles. The number of allylic oxidation sites excluding steroid dienone is 2. The second-order valence-corrected chi connectivity index (χ2v) is 17.9. The molecule has 0 aliphatic carbocycles. The number of hydrogen-bond donors (Lipinski definition) is 9. The van der Waals surface area contributed by atoms with Gasteiger partial charge in [-0.2, -0.15) is 0 Å². The summed E-state index contributed by atoms with van der Waals surface area (Å²) in [5, 5.41) is 36.1. The summed E-state index contributed by atoms with van der Waals surface area (Å²) in [6.45, 7) is 12.7. The summed E-state index contributed by atoms with van der Waals surface area (Å²) >= 11 is 0. The molecule has 71 heavy (non-hydrogen) atoms. The highest BCUT2D eigenvalue weighted by Crippen LogP contribution is 2.21. The van der Waals surface area contributed by atoms with E-state index < -0.39 is 120 Å². The molecule has 20 nitrogen and oxygen atoms in total. The van der Waals surface area contributed by atoms with E-state index in [0.29, 0.717) is 22.9 Å². The number of carbonyl (C=O) groups is 9. The standard InChI is InChI=1S/C51H66N8O12/c1-27(23-28(2)41(71-9)24-34-15-11-10-12-16-34)19-20-37-29(3)44(61)56-39(50(67)68)21-22-42(60)59(8)33(7)48(65)54-32(6)47(64)57-40(25-35-26-52-38-18-14-13-17-36(35)38)49(66)58-43(51(69)70)30(4)45(62)53-31(5)46(63)55-37/h10-20,23,26,28-32,37,39-41,43,52H,7,21-22,24-25H2,1-6,8-9H3,(H,53,62)(H,54,65)(H,55,63)(H,56,61)(H,57,64)(H,58,66)(H,67,68)(H,69,70)/b20-19+,27-23+/t28-,29-,30-,31-,32+,37-,39+,40?,41-,43+/m0/s1. The van der Waals surface area contributed by atoms with E-state index in [-0.39, 0.29) is 18.4 Å². The number of carboxylic acid groups (broad SMARTS) is 2. The van der Waals surface area contributed by atoms with Gasteiger partial charge in [0.1, 0.15) is 35.9 Å². The van der Waals surface area contributed by atoms with E-state index in [4.69, 9.17) is 4.74 Å². The van der Waals surface area contributed by atoms with Crippen LogP contribution in [0, 0.1) is 17.8 Å². The van der Waals surface area contributed by atoms with Crippen LogP contribution >= 0.6 is 0 Å². The number of para-hydroxylation sites is 1. The third-order valence-electron chi connectivity index (χ3n) is 12.5. The maximum absolute atomic E-state index is 14.1. The first-order valence-corrected chi connectivity index (χ1v) is 23.2. The average Bonchev–Trinajstić information content (AvgIpc) is 3.75. The number of carbonyl (C=O) groups excluding carboxylic acids is 7. The first-order chi connectivity index (χ1) is 33.5. The third kappa shape index (κ3) is 15.7. The topological polar surface area (TPSA) is 295 Å². The summed E-state index contributed by atoms with van der Waals surface area (Å²) in [7, 11) is 2.84. The number of nitrogens with zero attached hydrogens (tertiary/aromatic N) is 1. The Kier molecular flexibility index (Phi) is 20.4. The number of nitrogens with one attached hydrogen (secondary N) is 7. The summed E-state index contributed by atoms with van der Waals surface area (Å²) < 4.78 is 5.80. The van der Waals surface area contributed by atoms with E-state index >= 15 is 0 Å². The van der Waals surface area contributed by atoms with Crippen LogP contribution in [0.2, 0.25) is 0 Å². The SMILES string of the molecule is C=C1C(=O)N[C@H](C)C(=O)NC(Cc2c[nH]c3ccccc23)C(=O)N[C@@H](C(=O)O)[C@H](C)C(=O)N[C@@H](C)C(=O)N[C@@H](/C=C/C(C)=C/[C@H](C)[C@H](Cc2ccccc2)OC)[C@H](C)C(=O)N[C@@H](C(=O)O)CCC(=O)N1C. The van der Waals surface area contributed by atoms with Crippen molar-refractivity contribution in [1.29, 1.82) is 0 Å². The van der Waals surface area contributed by atoms with Crippen molar-refractivity contribution in [2.75, 3.05) is 14.2 Å². The highest BCUT2D eigenvalue weighted by Gasteiger charge is 2.37. The number of amides is 7. The molecule has 1 aromatic heterocycles. The van der Waals surface area contributed by atoms with Crippen molar-refractivity contribution in [2.24, 2.45) is 17.8 Å². The molecule has 0 radical (unpaired) electrons. The lowest BCUT2D eigenvalue weighted by Gasteiger charge is -2.27. The van der Waals surface area contributed by atoms with E-state index in [9.17, 15) is 53.4 Å². The van der Waals surface area contributed by atoms with Crippen molar-refractivity contribution < 1.29 is 58.1 Å². The number of methoxy groups -OCH3 is 1. The Morgan fingerprint density at radius 2 is 1.41 bits per heavy atom. The number of carboxylic acids is 2. The van der Waals surface area contributed by atoms with Crippen LogP contribution in [0.1, 0.15) is 65.5 Å². The zero-order chi connectivity index (χ0) is 52.7. The van der Waals surface area contributed by atoms with Gasteiger partial charge in [-0.05, 0) is 50.8 Å². The molecular weight excluding hydrogens is 917 g/mol.